The van der Waals surface area contributed by atoms with E-state index in [1.165, 1.54) is 23.1 Å². The number of rotatable bonds is 4. The Morgan fingerprint density at radius 1 is 1.52 bits per heavy atom. The van der Waals surface area contributed by atoms with Gasteiger partial charge in [-0.1, -0.05) is 0 Å². The second-order valence-electron chi connectivity index (χ2n) is 5.49. The first-order valence-corrected chi connectivity index (χ1v) is 7.41. The Morgan fingerprint density at radius 3 is 3.13 bits per heavy atom. The van der Waals surface area contributed by atoms with Crippen molar-refractivity contribution in [3.05, 3.63) is 30.3 Å². The standard InChI is InChI=1S/C14H18FN7O/c1-10-7-16-4-5-21(10)8-14(23)18-13-6-11(2-3-12(13)15)22-9-17-19-20-22/h2-3,6,9-10,16H,4-5,7-8H2,1H3,(H,18,23)/t10-/m1/s1. The highest BCUT2D eigenvalue weighted by atomic mass is 19.1. The van der Waals surface area contributed by atoms with E-state index in [0.29, 0.717) is 5.69 Å². The van der Waals surface area contributed by atoms with E-state index in [1.807, 2.05) is 0 Å². The number of nitrogens with one attached hydrogen (secondary N) is 2. The SMILES string of the molecule is C[C@@H]1CNCCN1CC(=O)Nc1cc(-n2cnnn2)ccc1F. The van der Waals surface area contributed by atoms with E-state index in [4.69, 9.17) is 0 Å². The molecule has 2 aromatic rings. The first kappa shape index (κ1) is 15.5. The average Bonchev–Trinajstić information content (AvgIpc) is 3.06. The Hall–Kier alpha value is -2.39. The summed E-state index contributed by atoms with van der Waals surface area (Å²) in [5.41, 5.74) is 0.688. The number of amides is 1. The number of carbonyl (C=O) groups is 1. The van der Waals surface area contributed by atoms with Gasteiger partial charge in [0, 0.05) is 25.7 Å². The molecule has 3 rings (SSSR count). The molecule has 1 aromatic carbocycles. The minimum absolute atomic E-state index is 0.116. The molecule has 1 aromatic heterocycles. The normalized spacial score (nSPS) is 18.8. The summed E-state index contributed by atoms with van der Waals surface area (Å²) < 4.78 is 15.3. The summed E-state index contributed by atoms with van der Waals surface area (Å²) in [7, 11) is 0. The molecule has 2 heterocycles. The Balaban J connectivity index is 1.69. The number of nitrogens with zero attached hydrogens (tertiary/aromatic N) is 5. The van der Waals surface area contributed by atoms with Gasteiger partial charge in [-0.25, -0.2) is 9.07 Å². The van der Waals surface area contributed by atoms with E-state index in [2.05, 4.69) is 38.0 Å². The van der Waals surface area contributed by atoms with Gasteiger partial charge in [-0.3, -0.25) is 9.69 Å². The molecule has 0 bridgehead atoms. The first-order valence-electron chi connectivity index (χ1n) is 7.41. The summed E-state index contributed by atoms with van der Waals surface area (Å²) in [6.45, 7) is 4.77. The molecule has 0 radical (unpaired) electrons. The number of hydrogen-bond donors (Lipinski definition) is 2. The number of carbonyl (C=O) groups excluding carboxylic acids is 1. The van der Waals surface area contributed by atoms with Crippen molar-refractivity contribution in [3.63, 3.8) is 0 Å². The number of anilines is 1. The van der Waals surface area contributed by atoms with Crippen LogP contribution in [0.15, 0.2) is 24.5 Å². The van der Waals surface area contributed by atoms with Crippen LogP contribution in [0.3, 0.4) is 0 Å². The van der Waals surface area contributed by atoms with E-state index in [9.17, 15) is 9.18 Å². The number of halogens is 1. The summed E-state index contributed by atoms with van der Waals surface area (Å²) in [6.07, 6.45) is 1.40. The highest BCUT2D eigenvalue weighted by Gasteiger charge is 2.20. The van der Waals surface area contributed by atoms with Crippen molar-refractivity contribution in [2.24, 2.45) is 0 Å². The van der Waals surface area contributed by atoms with Crippen molar-refractivity contribution >= 4 is 11.6 Å². The van der Waals surface area contributed by atoms with Gasteiger partial charge in [0.25, 0.3) is 0 Å². The lowest BCUT2D eigenvalue weighted by atomic mass is 10.2. The van der Waals surface area contributed by atoms with Gasteiger partial charge in [0.2, 0.25) is 5.91 Å². The first-order chi connectivity index (χ1) is 11.1. The maximum absolute atomic E-state index is 13.9. The predicted octanol–water partition coefficient (Wildman–Crippen LogP) is 0.0336. The zero-order chi connectivity index (χ0) is 16.2. The molecule has 1 saturated heterocycles. The van der Waals surface area contributed by atoms with Crippen LogP contribution >= 0.6 is 0 Å². The van der Waals surface area contributed by atoms with Crippen LogP contribution in [0.5, 0.6) is 0 Å². The molecular formula is C14H18FN7O. The van der Waals surface area contributed by atoms with Crippen molar-refractivity contribution in [1.29, 1.82) is 0 Å². The smallest absolute Gasteiger partial charge is 0.238 e. The minimum Gasteiger partial charge on any atom is -0.322 e. The Labute approximate surface area is 132 Å². The second-order valence-corrected chi connectivity index (χ2v) is 5.49. The van der Waals surface area contributed by atoms with E-state index in [1.54, 1.807) is 6.07 Å². The zero-order valence-corrected chi connectivity index (χ0v) is 12.7. The fourth-order valence-corrected chi connectivity index (χ4v) is 2.52. The van der Waals surface area contributed by atoms with Crippen LogP contribution < -0.4 is 10.6 Å². The van der Waals surface area contributed by atoms with Gasteiger partial charge in [-0.05, 0) is 35.5 Å². The second kappa shape index (κ2) is 6.80. The molecule has 2 N–H and O–H groups in total. The van der Waals surface area contributed by atoms with Gasteiger partial charge in [-0.15, -0.1) is 5.10 Å². The molecule has 1 atom stereocenters. The van der Waals surface area contributed by atoms with Gasteiger partial charge in [0.1, 0.15) is 12.1 Å². The highest BCUT2D eigenvalue weighted by molar-refractivity contribution is 5.92. The van der Waals surface area contributed by atoms with Crippen LogP contribution in [-0.4, -0.2) is 63.2 Å². The summed E-state index contributed by atoms with van der Waals surface area (Å²) in [5.74, 6) is -0.741. The van der Waals surface area contributed by atoms with Gasteiger partial charge in [0.15, 0.2) is 0 Å². The van der Waals surface area contributed by atoms with Crippen molar-refractivity contribution in [2.75, 3.05) is 31.5 Å². The van der Waals surface area contributed by atoms with E-state index in [0.717, 1.165) is 19.6 Å². The fraction of sp³-hybridized carbons (Fsp3) is 0.429. The number of aromatic nitrogens is 4. The maximum atomic E-state index is 13.9. The van der Waals surface area contributed by atoms with Crippen molar-refractivity contribution in [3.8, 4) is 5.69 Å². The predicted molar refractivity (Wildman–Crippen MR) is 81.6 cm³/mol. The maximum Gasteiger partial charge on any atom is 0.238 e. The lowest BCUT2D eigenvalue weighted by molar-refractivity contribution is -0.118. The lowest BCUT2D eigenvalue weighted by Crippen LogP contribution is -2.52. The van der Waals surface area contributed by atoms with E-state index < -0.39 is 5.82 Å². The third-order valence-corrected chi connectivity index (χ3v) is 3.82. The highest BCUT2D eigenvalue weighted by Crippen LogP contribution is 2.18. The molecule has 0 aliphatic carbocycles. The lowest BCUT2D eigenvalue weighted by Gasteiger charge is -2.33. The Morgan fingerprint density at radius 2 is 2.39 bits per heavy atom. The molecule has 122 valence electrons. The van der Waals surface area contributed by atoms with Crippen molar-refractivity contribution in [2.45, 2.75) is 13.0 Å². The molecule has 0 unspecified atom stereocenters. The summed E-state index contributed by atoms with van der Waals surface area (Å²) in [5, 5.41) is 16.7. The number of piperazine rings is 1. The minimum atomic E-state index is -0.497. The molecular weight excluding hydrogens is 301 g/mol. The van der Waals surface area contributed by atoms with Crippen LogP contribution in [0.4, 0.5) is 10.1 Å². The molecule has 8 nitrogen and oxygen atoms in total. The van der Waals surface area contributed by atoms with Gasteiger partial charge in [-0.2, -0.15) is 0 Å². The van der Waals surface area contributed by atoms with E-state index in [-0.39, 0.29) is 24.2 Å². The Kier molecular flexibility index (Phi) is 4.58. The summed E-state index contributed by atoms with van der Waals surface area (Å²) in [4.78, 5) is 14.3. The molecule has 1 fully saturated rings. The third-order valence-electron chi connectivity index (χ3n) is 3.82. The van der Waals surface area contributed by atoms with Gasteiger partial charge in [0.05, 0.1) is 17.9 Å². The van der Waals surface area contributed by atoms with Crippen LogP contribution in [0.25, 0.3) is 5.69 Å². The molecule has 9 heteroatoms. The molecule has 1 aliphatic rings. The monoisotopic (exact) mass is 319 g/mol. The van der Waals surface area contributed by atoms with Gasteiger partial charge >= 0.3 is 0 Å². The zero-order valence-electron chi connectivity index (χ0n) is 12.7. The largest absolute Gasteiger partial charge is 0.322 e. The molecule has 0 saturated carbocycles. The number of benzene rings is 1. The number of hydrogen-bond acceptors (Lipinski definition) is 6. The molecule has 1 amide bonds. The summed E-state index contributed by atoms with van der Waals surface area (Å²) >= 11 is 0. The van der Waals surface area contributed by atoms with Crippen LogP contribution in [0, 0.1) is 5.82 Å². The topological polar surface area (TPSA) is 88.0 Å². The fourth-order valence-electron chi connectivity index (χ4n) is 2.52. The van der Waals surface area contributed by atoms with Crippen LogP contribution in [-0.2, 0) is 4.79 Å². The third kappa shape index (κ3) is 3.69. The molecule has 0 spiro atoms. The molecule has 1 aliphatic heterocycles. The average molecular weight is 319 g/mol. The quantitative estimate of drug-likeness (QED) is 0.827. The molecule has 23 heavy (non-hydrogen) atoms. The number of tetrazole rings is 1. The summed E-state index contributed by atoms with van der Waals surface area (Å²) in [6, 6.07) is 4.59. The van der Waals surface area contributed by atoms with Crippen LogP contribution in [0.1, 0.15) is 6.92 Å². The van der Waals surface area contributed by atoms with E-state index >= 15 is 0 Å². The van der Waals surface area contributed by atoms with Crippen molar-refractivity contribution in [1.82, 2.24) is 30.4 Å². The van der Waals surface area contributed by atoms with Crippen LogP contribution in [0.2, 0.25) is 0 Å². The Bertz CT molecular complexity index is 676. The van der Waals surface area contributed by atoms with Crippen molar-refractivity contribution < 1.29 is 9.18 Å². The van der Waals surface area contributed by atoms with Gasteiger partial charge < -0.3 is 10.6 Å².